The first kappa shape index (κ1) is 13.9. The Hall–Kier alpha value is -1.57. The van der Waals surface area contributed by atoms with Crippen molar-refractivity contribution in [2.75, 3.05) is 24.6 Å². The Morgan fingerprint density at radius 3 is 3.00 bits per heavy atom. The molecule has 102 valence electrons. The number of nitrogens with zero attached hydrogens (tertiary/aromatic N) is 2. The largest absolute Gasteiger partial charge is 0.389 e. The highest BCUT2D eigenvalue weighted by Crippen LogP contribution is 2.29. The highest BCUT2D eigenvalue weighted by atomic mass is 16.5. The van der Waals surface area contributed by atoms with Gasteiger partial charge in [0.2, 0.25) is 0 Å². The van der Waals surface area contributed by atoms with Crippen molar-refractivity contribution in [2.45, 2.75) is 32.5 Å². The molecule has 0 aliphatic carbocycles. The van der Waals surface area contributed by atoms with Gasteiger partial charge in [0.05, 0.1) is 30.4 Å². The zero-order valence-corrected chi connectivity index (χ0v) is 11.5. The number of benzene rings is 1. The lowest BCUT2D eigenvalue weighted by atomic mass is 10.0. The van der Waals surface area contributed by atoms with Crippen molar-refractivity contribution in [1.82, 2.24) is 0 Å². The fourth-order valence-corrected chi connectivity index (χ4v) is 2.43. The highest BCUT2D eigenvalue weighted by Gasteiger charge is 2.22. The van der Waals surface area contributed by atoms with Crippen LogP contribution in [0.15, 0.2) is 18.2 Å². The van der Waals surface area contributed by atoms with E-state index >= 15 is 0 Å². The standard InChI is InChI=1S/C15H20N2O2/c1-3-13-10-17(6-7-19-13)15-8-12(9-16)4-5-14(15)11(2)18/h4-5,8,11,13,18H,3,6-7,10H2,1-2H3/t11-,13?/m0/s1. The number of ether oxygens (including phenoxy) is 1. The molecular weight excluding hydrogens is 240 g/mol. The first-order chi connectivity index (χ1) is 9.15. The van der Waals surface area contributed by atoms with Gasteiger partial charge in [-0.1, -0.05) is 13.0 Å². The van der Waals surface area contributed by atoms with Crippen LogP contribution in [0.1, 0.15) is 37.5 Å². The lowest BCUT2D eigenvalue weighted by Gasteiger charge is -2.35. The predicted octanol–water partition coefficient (Wildman–Crippen LogP) is 2.23. The van der Waals surface area contributed by atoms with E-state index in [0.717, 1.165) is 30.8 Å². The van der Waals surface area contributed by atoms with Gasteiger partial charge in [0, 0.05) is 24.3 Å². The van der Waals surface area contributed by atoms with Gasteiger partial charge in [0.1, 0.15) is 0 Å². The number of nitriles is 1. The molecule has 4 nitrogen and oxygen atoms in total. The molecule has 1 heterocycles. The highest BCUT2D eigenvalue weighted by molar-refractivity contribution is 5.58. The van der Waals surface area contributed by atoms with Crippen molar-refractivity contribution in [1.29, 1.82) is 5.26 Å². The molecule has 1 aliphatic rings. The van der Waals surface area contributed by atoms with Crippen LogP contribution >= 0.6 is 0 Å². The van der Waals surface area contributed by atoms with E-state index in [2.05, 4.69) is 17.9 Å². The van der Waals surface area contributed by atoms with Gasteiger partial charge < -0.3 is 14.7 Å². The van der Waals surface area contributed by atoms with Crippen LogP contribution in [0.4, 0.5) is 5.69 Å². The summed E-state index contributed by atoms with van der Waals surface area (Å²) in [4.78, 5) is 2.21. The van der Waals surface area contributed by atoms with Gasteiger partial charge in [0.25, 0.3) is 0 Å². The summed E-state index contributed by atoms with van der Waals surface area (Å²) < 4.78 is 5.67. The van der Waals surface area contributed by atoms with E-state index in [-0.39, 0.29) is 6.10 Å². The molecule has 1 aliphatic heterocycles. The van der Waals surface area contributed by atoms with Crippen molar-refractivity contribution >= 4 is 5.69 Å². The second kappa shape index (κ2) is 6.05. The van der Waals surface area contributed by atoms with Crippen molar-refractivity contribution in [3.8, 4) is 6.07 Å². The number of aliphatic hydroxyl groups is 1. The summed E-state index contributed by atoms with van der Waals surface area (Å²) in [5.74, 6) is 0. The normalized spacial score (nSPS) is 20.9. The SMILES string of the molecule is CCC1CN(c2cc(C#N)ccc2[C@H](C)O)CCO1. The van der Waals surface area contributed by atoms with Crippen molar-refractivity contribution in [2.24, 2.45) is 0 Å². The molecular formula is C15H20N2O2. The van der Waals surface area contributed by atoms with E-state index < -0.39 is 6.10 Å². The molecule has 4 heteroatoms. The molecule has 0 saturated carbocycles. The Labute approximate surface area is 114 Å². The fraction of sp³-hybridized carbons (Fsp3) is 0.533. The molecule has 2 atom stereocenters. The zero-order chi connectivity index (χ0) is 13.8. The molecule has 0 amide bonds. The Kier molecular flexibility index (Phi) is 4.41. The summed E-state index contributed by atoms with van der Waals surface area (Å²) in [7, 11) is 0. The number of anilines is 1. The molecule has 1 N–H and O–H groups in total. The summed E-state index contributed by atoms with van der Waals surface area (Å²) in [5.41, 5.74) is 2.45. The lowest BCUT2D eigenvalue weighted by Crippen LogP contribution is -2.42. The summed E-state index contributed by atoms with van der Waals surface area (Å²) >= 11 is 0. The maximum atomic E-state index is 9.88. The van der Waals surface area contributed by atoms with Crippen LogP contribution in [-0.2, 0) is 4.74 Å². The average molecular weight is 260 g/mol. The molecule has 2 rings (SSSR count). The first-order valence-corrected chi connectivity index (χ1v) is 6.74. The second-order valence-electron chi connectivity index (χ2n) is 4.91. The minimum absolute atomic E-state index is 0.223. The van der Waals surface area contributed by atoms with Gasteiger partial charge >= 0.3 is 0 Å². The van der Waals surface area contributed by atoms with Gasteiger partial charge in [-0.2, -0.15) is 5.26 Å². The van der Waals surface area contributed by atoms with Gasteiger partial charge in [-0.25, -0.2) is 0 Å². The van der Waals surface area contributed by atoms with Crippen LogP contribution in [0, 0.1) is 11.3 Å². The minimum atomic E-state index is -0.536. The van der Waals surface area contributed by atoms with Crippen molar-refractivity contribution in [3.63, 3.8) is 0 Å². The summed E-state index contributed by atoms with van der Waals surface area (Å²) in [6.45, 7) is 6.16. The Morgan fingerprint density at radius 1 is 1.58 bits per heavy atom. The molecule has 0 radical (unpaired) electrons. The van der Waals surface area contributed by atoms with Gasteiger partial charge in [0.15, 0.2) is 0 Å². The molecule has 0 spiro atoms. The van der Waals surface area contributed by atoms with Gasteiger partial charge in [-0.3, -0.25) is 0 Å². The molecule has 1 unspecified atom stereocenters. The van der Waals surface area contributed by atoms with Crippen LogP contribution in [0.2, 0.25) is 0 Å². The number of hydrogen-bond donors (Lipinski definition) is 1. The summed E-state index contributed by atoms with van der Waals surface area (Å²) in [5, 5.41) is 18.9. The number of hydrogen-bond acceptors (Lipinski definition) is 4. The number of aliphatic hydroxyl groups excluding tert-OH is 1. The van der Waals surface area contributed by atoms with Crippen LogP contribution in [0.5, 0.6) is 0 Å². The third kappa shape index (κ3) is 3.06. The topological polar surface area (TPSA) is 56.5 Å². The molecule has 1 fully saturated rings. The quantitative estimate of drug-likeness (QED) is 0.905. The molecule has 19 heavy (non-hydrogen) atoms. The van der Waals surface area contributed by atoms with Crippen molar-refractivity contribution < 1.29 is 9.84 Å². The summed E-state index contributed by atoms with van der Waals surface area (Å²) in [6, 6.07) is 7.61. The maximum Gasteiger partial charge on any atom is 0.0992 e. The van der Waals surface area contributed by atoms with Crippen LogP contribution in [0.25, 0.3) is 0 Å². The zero-order valence-electron chi connectivity index (χ0n) is 11.5. The fourth-order valence-electron chi connectivity index (χ4n) is 2.43. The Balaban J connectivity index is 2.33. The Bertz CT molecular complexity index is 480. The Morgan fingerprint density at radius 2 is 2.37 bits per heavy atom. The van der Waals surface area contributed by atoms with E-state index in [1.807, 2.05) is 12.1 Å². The molecule has 1 aromatic carbocycles. The molecule has 0 aromatic heterocycles. The van der Waals surface area contributed by atoms with E-state index in [1.165, 1.54) is 0 Å². The van der Waals surface area contributed by atoms with Crippen LogP contribution < -0.4 is 4.90 Å². The number of morpholine rings is 1. The van der Waals surface area contributed by atoms with E-state index in [4.69, 9.17) is 10.00 Å². The molecule has 1 saturated heterocycles. The second-order valence-corrected chi connectivity index (χ2v) is 4.91. The van der Waals surface area contributed by atoms with Crippen molar-refractivity contribution in [3.05, 3.63) is 29.3 Å². The third-order valence-electron chi connectivity index (χ3n) is 3.54. The average Bonchev–Trinajstić information content (AvgIpc) is 2.46. The monoisotopic (exact) mass is 260 g/mol. The maximum absolute atomic E-state index is 9.88. The minimum Gasteiger partial charge on any atom is -0.389 e. The van der Waals surface area contributed by atoms with Crippen LogP contribution in [-0.4, -0.2) is 30.9 Å². The van der Waals surface area contributed by atoms with E-state index in [0.29, 0.717) is 12.2 Å². The van der Waals surface area contributed by atoms with Crippen LogP contribution in [0.3, 0.4) is 0 Å². The summed E-state index contributed by atoms with van der Waals surface area (Å²) in [6.07, 6.45) is 0.658. The smallest absolute Gasteiger partial charge is 0.0992 e. The van der Waals surface area contributed by atoms with Gasteiger partial charge in [-0.15, -0.1) is 0 Å². The van der Waals surface area contributed by atoms with E-state index in [1.54, 1.807) is 13.0 Å². The number of rotatable bonds is 3. The predicted molar refractivity (Wildman–Crippen MR) is 74.0 cm³/mol. The van der Waals surface area contributed by atoms with Gasteiger partial charge in [-0.05, 0) is 25.5 Å². The first-order valence-electron chi connectivity index (χ1n) is 6.74. The lowest BCUT2D eigenvalue weighted by molar-refractivity contribution is 0.0382. The van der Waals surface area contributed by atoms with E-state index in [9.17, 15) is 5.11 Å². The third-order valence-corrected chi connectivity index (χ3v) is 3.54. The molecule has 1 aromatic rings. The molecule has 0 bridgehead atoms.